The number of likely N-dealkylation sites (tertiary alicyclic amines) is 1. The first kappa shape index (κ1) is 11.5. The van der Waals surface area contributed by atoms with Crippen molar-refractivity contribution in [2.24, 2.45) is 4.99 Å². The van der Waals surface area contributed by atoms with Gasteiger partial charge in [-0.1, -0.05) is 6.07 Å². The molecule has 0 aromatic carbocycles. The average molecular weight is 261 g/mol. The Morgan fingerprint density at radius 1 is 1.33 bits per heavy atom. The third-order valence-electron chi connectivity index (χ3n) is 3.16. The molecule has 1 aromatic rings. The van der Waals surface area contributed by atoms with E-state index in [1.807, 2.05) is 23.6 Å². The number of thiophene rings is 1. The average Bonchev–Trinajstić information content (AvgIpc) is 3.02. The van der Waals surface area contributed by atoms with E-state index in [0.717, 1.165) is 23.9 Å². The highest BCUT2D eigenvalue weighted by molar-refractivity contribution is 7.10. The fourth-order valence-corrected chi connectivity index (χ4v) is 2.87. The lowest BCUT2D eigenvalue weighted by Crippen LogP contribution is -2.43. The number of piperidine rings is 1. The molecule has 1 aromatic heterocycles. The largest absolute Gasteiger partial charge is 0.342 e. The van der Waals surface area contributed by atoms with E-state index in [9.17, 15) is 4.79 Å². The highest BCUT2D eigenvalue weighted by atomic mass is 32.1. The first-order valence-corrected chi connectivity index (χ1v) is 7.11. The highest BCUT2D eigenvalue weighted by Crippen LogP contribution is 2.18. The maximum absolute atomic E-state index is 11.8. The van der Waals surface area contributed by atoms with E-state index < -0.39 is 0 Å². The van der Waals surface area contributed by atoms with Gasteiger partial charge in [0.05, 0.1) is 0 Å². The first-order chi connectivity index (χ1) is 8.83. The predicted molar refractivity (Wildman–Crippen MR) is 73.3 cm³/mol. The molecule has 0 spiro atoms. The zero-order chi connectivity index (χ0) is 12.4. The number of aliphatic imine (C=N–C) groups is 1. The standard InChI is InChI=1S/C13H15N3OS/c17-12-11(9-10-5-4-8-18-10)14-13(15-12)16-6-2-1-3-7-16/h4-5,8-9H,1-3,6-7H2,(H,14,15,17)/b11-9+. The summed E-state index contributed by atoms with van der Waals surface area (Å²) >= 11 is 1.61. The lowest BCUT2D eigenvalue weighted by molar-refractivity contribution is -0.115. The van der Waals surface area contributed by atoms with E-state index in [4.69, 9.17) is 0 Å². The van der Waals surface area contributed by atoms with Crippen LogP contribution in [0.3, 0.4) is 0 Å². The first-order valence-electron chi connectivity index (χ1n) is 6.23. The normalized spacial score (nSPS) is 22.2. The van der Waals surface area contributed by atoms with Crippen molar-refractivity contribution < 1.29 is 4.79 Å². The van der Waals surface area contributed by atoms with E-state index in [-0.39, 0.29) is 5.91 Å². The fourth-order valence-electron chi connectivity index (χ4n) is 2.22. The molecule has 0 saturated carbocycles. The van der Waals surface area contributed by atoms with Gasteiger partial charge in [0.1, 0.15) is 5.70 Å². The molecule has 3 heterocycles. The minimum absolute atomic E-state index is 0.0935. The van der Waals surface area contributed by atoms with Crippen LogP contribution in [-0.2, 0) is 4.79 Å². The number of amides is 1. The van der Waals surface area contributed by atoms with Crippen molar-refractivity contribution in [1.29, 1.82) is 0 Å². The summed E-state index contributed by atoms with van der Waals surface area (Å²) in [5.41, 5.74) is 0.512. The molecule has 0 atom stereocenters. The molecule has 3 rings (SSSR count). The zero-order valence-corrected chi connectivity index (χ0v) is 10.9. The molecule has 94 valence electrons. The van der Waals surface area contributed by atoms with Crippen LogP contribution in [0.2, 0.25) is 0 Å². The molecule has 18 heavy (non-hydrogen) atoms. The van der Waals surface area contributed by atoms with Gasteiger partial charge in [-0.05, 0) is 36.8 Å². The van der Waals surface area contributed by atoms with Crippen LogP contribution in [0.15, 0.2) is 28.2 Å². The van der Waals surface area contributed by atoms with E-state index in [1.54, 1.807) is 11.3 Å². The summed E-state index contributed by atoms with van der Waals surface area (Å²) in [6.07, 6.45) is 5.48. The molecule has 0 bridgehead atoms. The third kappa shape index (κ3) is 2.31. The Bertz CT molecular complexity index is 498. The second-order valence-corrected chi connectivity index (χ2v) is 5.46. The number of hydrogen-bond acceptors (Lipinski definition) is 4. The monoisotopic (exact) mass is 261 g/mol. The smallest absolute Gasteiger partial charge is 0.276 e. The van der Waals surface area contributed by atoms with E-state index >= 15 is 0 Å². The molecule has 2 aliphatic heterocycles. The molecule has 0 aliphatic carbocycles. The summed E-state index contributed by atoms with van der Waals surface area (Å²) < 4.78 is 0. The second kappa shape index (κ2) is 4.94. The van der Waals surface area contributed by atoms with Crippen molar-refractivity contribution in [3.63, 3.8) is 0 Å². The van der Waals surface area contributed by atoms with Gasteiger partial charge in [-0.2, -0.15) is 0 Å². The Morgan fingerprint density at radius 3 is 2.89 bits per heavy atom. The van der Waals surface area contributed by atoms with Gasteiger partial charge in [-0.3, -0.25) is 10.1 Å². The third-order valence-corrected chi connectivity index (χ3v) is 3.98. The summed E-state index contributed by atoms with van der Waals surface area (Å²) in [5.74, 6) is 0.631. The Labute approximate surface area is 110 Å². The van der Waals surface area contributed by atoms with Gasteiger partial charge in [-0.15, -0.1) is 11.3 Å². The Hall–Kier alpha value is -1.62. The van der Waals surface area contributed by atoms with Crippen LogP contribution in [0.5, 0.6) is 0 Å². The van der Waals surface area contributed by atoms with E-state index in [2.05, 4.69) is 15.2 Å². The van der Waals surface area contributed by atoms with Crippen LogP contribution in [0.4, 0.5) is 0 Å². The number of nitrogens with one attached hydrogen (secondary N) is 1. The number of hydrogen-bond donors (Lipinski definition) is 1. The van der Waals surface area contributed by atoms with Crippen molar-refractivity contribution in [2.45, 2.75) is 19.3 Å². The van der Waals surface area contributed by atoms with Crippen molar-refractivity contribution in [1.82, 2.24) is 10.2 Å². The molecule has 1 fully saturated rings. The molecule has 1 N–H and O–H groups in total. The topological polar surface area (TPSA) is 44.7 Å². The van der Waals surface area contributed by atoms with Crippen molar-refractivity contribution in [3.8, 4) is 0 Å². The number of carbonyl (C=O) groups is 1. The van der Waals surface area contributed by atoms with E-state index in [1.165, 1.54) is 19.3 Å². The molecule has 2 aliphatic rings. The molecule has 4 nitrogen and oxygen atoms in total. The van der Waals surface area contributed by atoms with Crippen LogP contribution in [0, 0.1) is 0 Å². The van der Waals surface area contributed by atoms with Crippen molar-refractivity contribution >= 4 is 29.3 Å². The van der Waals surface area contributed by atoms with Gasteiger partial charge >= 0.3 is 0 Å². The number of nitrogens with zero attached hydrogens (tertiary/aromatic N) is 2. The Balaban J connectivity index is 1.80. The maximum atomic E-state index is 11.8. The summed E-state index contributed by atoms with van der Waals surface area (Å²) in [6, 6.07) is 3.96. The minimum Gasteiger partial charge on any atom is -0.342 e. The van der Waals surface area contributed by atoms with E-state index in [0.29, 0.717) is 5.70 Å². The van der Waals surface area contributed by atoms with Crippen LogP contribution in [0.1, 0.15) is 24.1 Å². The lowest BCUT2D eigenvalue weighted by Gasteiger charge is -2.27. The Morgan fingerprint density at radius 2 is 2.17 bits per heavy atom. The highest BCUT2D eigenvalue weighted by Gasteiger charge is 2.25. The zero-order valence-electron chi connectivity index (χ0n) is 10.1. The molecule has 5 heteroatoms. The summed E-state index contributed by atoms with van der Waals surface area (Å²) in [5, 5.41) is 4.85. The molecular weight excluding hydrogens is 246 g/mol. The van der Waals surface area contributed by atoms with Gasteiger partial charge < -0.3 is 4.90 Å². The van der Waals surface area contributed by atoms with Gasteiger partial charge in [0, 0.05) is 18.0 Å². The van der Waals surface area contributed by atoms with Crippen molar-refractivity contribution in [2.75, 3.05) is 13.1 Å². The number of carbonyl (C=O) groups excluding carboxylic acids is 1. The van der Waals surface area contributed by atoms with Crippen LogP contribution in [0.25, 0.3) is 6.08 Å². The lowest BCUT2D eigenvalue weighted by atomic mass is 10.1. The van der Waals surface area contributed by atoms with Crippen LogP contribution < -0.4 is 5.32 Å². The van der Waals surface area contributed by atoms with Gasteiger partial charge in [0.15, 0.2) is 0 Å². The summed E-state index contributed by atoms with van der Waals surface area (Å²) in [4.78, 5) is 19.5. The number of guanidine groups is 1. The second-order valence-electron chi connectivity index (χ2n) is 4.48. The quantitative estimate of drug-likeness (QED) is 0.786. The molecule has 0 unspecified atom stereocenters. The van der Waals surface area contributed by atoms with Crippen LogP contribution in [-0.4, -0.2) is 29.9 Å². The van der Waals surface area contributed by atoms with Gasteiger partial charge in [0.2, 0.25) is 5.96 Å². The van der Waals surface area contributed by atoms with Crippen LogP contribution >= 0.6 is 11.3 Å². The van der Waals surface area contributed by atoms with Gasteiger partial charge in [-0.25, -0.2) is 4.99 Å². The Kier molecular flexibility index (Phi) is 3.15. The summed E-state index contributed by atoms with van der Waals surface area (Å²) in [6.45, 7) is 1.98. The molecule has 0 radical (unpaired) electrons. The minimum atomic E-state index is -0.0935. The maximum Gasteiger partial charge on any atom is 0.276 e. The molecule has 1 amide bonds. The fraction of sp³-hybridized carbons (Fsp3) is 0.385. The molecule has 1 saturated heterocycles. The molecular formula is C13H15N3OS. The van der Waals surface area contributed by atoms with Gasteiger partial charge in [0.25, 0.3) is 5.91 Å². The number of rotatable bonds is 1. The predicted octanol–water partition coefficient (Wildman–Crippen LogP) is 2.06. The van der Waals surface area contributed by atoms with Crippen molar-refractivity contribution in [3.05, 3.63) is 28.1 Å². The SMILES string of the molecule is O=C1NC(N2CCCCC2)=N/C1=C/c1cccs1. The summed E-state index contributed by atoms with van der Waals surface area (Å²) in [7, 11) is 0.